The largest absolute Gasteiger partial charge is 0.417 e. The Balaban J connectivity index is 2.16. The third-order valence-corrected chi connectivity index (χ3v) is 4.23. The number of anilines is 1. The van der Waals surface area contributed by atoms with E-state index in [1.54, 1.807) is 37.4 Å². The first kappa shape index (κ1) is 20.9. The molecular formula is C19H16Cl2F3N3. The SMILES string of the molecule is C=C(N=C/C=C(\N)c1cccc(Cl)c1)N(C)c1ccc(Cl)c(C(F)(F)F)c1. The molecule has 2 N–H and O–H groups in total. The molecule has 2 rings (SSSR count). The molecule has 8 heteroatoms. The lowest BCUT2D eigenvalue weighted by molar-refractivity contribution is -0.137. The van der Waals surface area contributed by atoms with E-state index in [9.17, 15) is 13.2 Å². The maximum Gasteiger partial charge on any atom is 0.417 e. The fourth-order valence-corrected chi connectivity index (χ4v) is 2.56. The molecular weight excluding hydrogens is 398 g/mol. The fourth-order valence-electron chi connectivity index (χ4n) is 2.14. The highest BCUT2D eigenvalue weighted by atomic mass is 35.5. The van der Waals surface area contributed by atoms with Crippen molar-refractivity contribution in [3.63, 3.8) is 0 Å². The summed E-state index contributed by atoms with van der Waals surface area (Å²) in [4.78, 5) is 5.51. The first-order valence-electron chi connectivity index (χ1n) is 7.64. The van der Waals surface area contributed by atoms with E-state index in [1.807, 2.05) is 0 Å². The van der Waals surface area contributed by atoms with Gasteiger partial charge in [-0.25, -0.2) is 4.99 Å². The molecule has 0 aliphatic carbocycles. The maximum atomic E-state index is 13.0. The number of hydrogen-bond donors (Lipinski definition) is 1. The van der Waals surface area contributed by atoms with E-state index in [0.29, 0.717) is 10.7 Å². The third kappa shape index (κ3) is 5.52. The van der Waals surface area contributed by atoms with Crippen LogP contribution in [0.5, 0.6) is 0 Å². The Hall–Kier alpha value is -2.44. The molecule has 0 amide bonds. The second kappa shape index (κ2) is 8.50. The maximum absolute atomic E-state index is 13.0. The van der Waals surface area contributed by atoms with E-state index in [1.165, 1.54) is 23.2 Å². The molecule has 142 valence electrons. The number of nitrogens with zero attached hydrogens (tertiary/aromatic N) is 2. The van der Waals surface area contributed by atoms with Crippen LogP contribution < -0.4 is 10.6 Å². The van der Waals surface area contributed by atoms with Crippen LogP contribution in [0.4, 0.5) is 18.9 Å². The number of alkyl halides is 3. The van der Waals surface area contributed by atoms with Gasteiger partial charge in [-0.2, -0.15) is 13.2 Å². The van der Waals surface area contributed by atoms with E-state index in [-0.39, 0.29) is 16.5 Å². The highest BCUT2D eigenvalue weighted by molar-refractivity contribution is 6.31. The van der Waals surface area contributed by atoms with Crippen molar-refractivity contribution in [3.05, 3.63) is 82.1 Å². The summed E-state index contributed by atoms with van der Waals surface area (Å²) < 4.78 is 39.0. The molecule has 0 aliphatic rings. The van der Waals surface area contributed by atoms with Crippen LogP contribution in [0.25, 0.3) is 5.70 Å². The van der Waals surface area contributed by atoms with Gasteiger partial charge >= 0.3 is 6.18 Å². The monoisotopic (exact) mass is 413 g/mol. The van der Waals surface area contributed by atoms with E-state index in [2.05, 4.69) is 11.6 Å². The topological polar surface area (TPSA) is 41.6 Å². The normalized spacial score (nSPS) is 12.4. The summed E-state index contributed by atoms with van der Waals surface area (Å²) in [5, 5.41) is 0.180. The van der Waals surface area contributed by atoms with E-state index in [4.69, 9.17) is 28.9 Å². The highest BCUT2D eigenvalue weighted by Gasteiger charge is 2.33. The van der Waals surface area contributed by atoms with E-state index >= 15 is 0 Å². The third-order valence-electron chi connectivity index (χ3n) is 3.67. The van der Waals surface area contributed by atoms with Crippen LogP contribution in [0.2, 0.25) is 10.0 Å². The van der Waals surface area contributed by atoms with Crippen molar-refractivity contribution in [3.8, 4) is 0 Å². The van der Waals surface area contributed by atoms with Crippen LogP contribution >= 0.6 is 23.2 Å². The van der Waals surface area contributed by atoms with Crippen molar-refractivity contribution < 1.29 is 13.2 Å². The molecule has 0 saturated carbocycles. The number of allylic oxidation sites excluding steroid dienone is 1. The summed E-state index contributed by atoms with van der Waals surface area (Å²) in [5.74, 6) is 0.223. The molecule has 0 unspecified atom stereocenters. The molecule has 0 spiro atoms. The molecule has 2 aromatic rings. The van der Waals surface area contributed by atoms with Gasteiger partial charge in [0, 0.05) is 29.7 Å². The van der Waals surface area contributed by atoms with Crippen molar-refractivity contribution in [1.29, 1.82) is 0 Å². The van der Waals surface area contributed by atoms with Gasteiger partial charge in [-0.15, -0.1) is 0 Å². The molecule has 0 saturated heterocycles. The summed E-state index contributed by atoms with van der Waals surface area (Å²) in [7, 11) is 1.55. The Morgan fingerprint density at radius 1 is 1.19 bits per heavy atom. The van der Waals surface area contributed by atoms with Crippen LogP contribution in [-0.2, 0) is 6.18 Å². The molecule has 0 aliphatic heterocycles. The van der Waals surface area contributed by atoms with Gasteiger partial charge in [0.25, 0.3) is 0 Å². The molecule has 0 fully saturated rings. The quantitative estimate of drug-likeness (QED) is 0.611. The smallest absolute Gasteiger partial charge is 0.398 e. The molecule has 0 atom stereocenters. The first-order chi connectivity index (χ1) is 12.6. The van der Waals surface area contributed by atoms with Gasteiger partial charge in [0.1, 0.15) is 5.82 Å². The van der Waals surface area contributed by atoms with Crippen molar-refractivity contribution in [2.75, 3.05) is 11.9 Å². The molecule has 27 heavy (non-hydrogen) atoms. The Bertz CT molecular complexity index is 905. The second-order valence-electron chi connectivity index (χ2n) is 5.55. The van der Waals surface area contributed by atoms with Gasteiger partial charge in [-0.3, -0.25) is 0 Å². The molecule has 0 bridgehead atoms. The van der Waals surface area contributed by atoms with Crippen LogP contribution in [0, 0.1) is 0 Å². The van der Waals surface area contributed by atoms with Gasteiger partial charge in [0.15, 0.2) is 0 Å². The standard InChI is InChI=1S/C19H16Cl2F3N3/c1-12(26-9-8-18(25)13-4-3-5-14(20)10-13)27(2)15-6-7-17(21)16(11-15)19(22,23)24/h3-11H,1,25H2,2H3/b18-8-,26-9?. The van der Waals surface area contributed by atoms with Crippen molar-refractivity contribution in [2.45, 2.75) is 6.18 Å². The van der Waals surface area contributed by atoms with Gasteiger partial charge in [0.2, 0.25) is 0 Å². The Kier molecular flexibility index (Phi) is 6.57. The van der Waals surface area contributed by atoms with Crippen LogP contribution in [-0.4, -0.2) is 13.3 Å². The zero-order valence-electron chi connectivity index (χ0n) is 14.3. The Labute approximate surface area is 165 Å². The minimum absolute atomic E-state index is 0.223. The average Bonchev–Trinajstić information content (AvgIpc) is 2.60. The molecule has 0 heterocycles. The number of hydrogen-bond acceptors (Lipinski definition) is 3. The number of benzene rings is 2. The lowest BCUT2D eigenvalue weighted by Gasteiger charge is -2.20. The minimum Gasteiger partial charge on any atom is -0.398 e. The number of rotatable bonds is 5. The van der Waals surface area contributed by atoms with Crippen molar-refractivity contribution in [1.82, 2.24) is 0 Å². The summed E-state index contributed by atoms with van der Waals surface area (Å²) in [5.41, 5.74) is 6.44. The number of halogens is 5. The average molecular weight is 414 g/mol. The Morgan fingerprint density at radius 2 is 1.89 bits per heavy atom. The predicted molar refractivity (Wildman–Crippen MR) is 106 cm³/mol. The lowest BCUT2D eigenvalue weighted by atomic mass is 10.1. The lowest BCUT2D eigenvalue weighted by Crippen LogP contribution is -2.16. The van der Waals surface area contributed by atoms with E-state index in [0.717, 1.165) is 11.6 Å². The van der Waals surface area contributed by atoms with Gasteiger partial charge in [-0.05, 0) is 42.0 Å². The molecule has 2 aromatic carbocycles. The Morgan fingerprint density at radius 3 is 2.52 bits per heavy atom. The zero-order valence-corrected chi connectivity index (χ0v) is 15.8. The summed E-state index contributed by atoms with van der Waals surface area (Å²) in [6.45, 7) is 3.75. The second-order valence-corrected chi connectivity index (χ2v) is 6.39. The number of aliphatic imine (C=N–C) groups is 1. The van der Waals surface area contributed by atoms with Crippen LogP contribution in [0.3, 0.4) is 0 Å². The predicted octanol–water partition coefficient (Wildman–Crippen LogP) is 5.99. The highest BCUT2D eigenvalue weighted by Crippen LogP contribution is 2.37. The van der Waals surface area contributed by atoms with Gasteiger partial charge < -0.3 is 10.6 Å². The summed E-state index contributed by atoms with van der Waals surface area (Å²) in [6.07, 6.45) is -1.59. The number of nitrogens with two attached hydrogens (primary N) is 1. The van der Waals surface area contributed by atoms with Crippen molar-refractivity contribution >= 4 is 40.8 Å². The summed E-state index contributed by atoms with van der Waals surface area (Å²) in [6, 6.07) is 10.6. The molecule has 3 nitrogen and oxygen atoms in total. The molecule has 0 radical (unpaired) electrons. The van der Waals surface area contributed by atoms with Crippen LogP contribution in [0.15, 0.2) is 65.9 Å². The minimum atomic E-state index is -4.55. The van der Waals surface area contributed by atoms with E-state index < -0.39 is 11.7 Å². The zero-order chi connectivity index (χ0) is 20.2. The van der Waals surface area contributed by atoms with Gasteiger partial charge in [-0.1, -0.05) is 41.9 Å². The first-order valence-corrected chi connectivity index (χ1v) is 8.40. The summed E-state index contributed by atoms with van der Waals surface area (Å²) >= 11 is 11.5. The molecule has 0 aromatic heterocycles. The van der Waals surface area contributed by atoms with Crippen LogP contribution in [0.1, 0.15) is 11.1 Å². The van der Waals surface area contributed by atoms with Crippen molar-refractivity contribution in [2.24, 2.45) is 10.7 Å². The van der Waals surface area contributed by atoms with Gasteiger partial charge in [0.05, 0.1) is 10.6 Å². The fraction of sp³-hybridized carbons (Fsp3) is 0.105.